The minimum atomic E-state index is 1.14. The third-order valence-electron chi connectivity index (χ3n) is 4.47. The van der Waals surface area contributed by atoms with Crippen LogP contribution in [0.1, 0.15) is 0 Å². The molecular formula is C21H14N2. The molecule has 2 heterocycles. The number of para-hydroxylation sites is 1. The molecule has 0 N–H and O–H groups in total. The van der Waals surface area contributed by atoms with Crippen molar-refractivity contribution in [3.05, 3.63) is 85.2 Å². The number of hydrogen-bond acceptors (Lipinski definition) is 1. The first-order valence-electron chi connectivity index (χ1n) is 7.75. The number of nitrogens with zero attached hydrogens (tertiary/aromatic N) is 2. The highest BCUT2D eigenvalue weighted by Gasteiger charge is 2.14. The van der Waals surface area contributed by atoms with Crippen molar-refractivity contribution >= 4 is 32.6 Å². The molecule has 23 heavy (non-hydrogen) atoms. The predicted molar refractivity (Wildman–Crippen MR) is 96.1 cm³/mol. The lowest BCUT2D eigenvalue weighted by atomic mass is 10.1. The number of pyridine rings is 1. The monoisotopic (exact) mass is 294 g/mol. The molecule has 0 aliphatic carbocycles. The van der Waals surface area contributed by atoms with Crippen molar-refractivity contribution in [1.82, 2.24) is 9.55 Å². The van der Waals surface area contributed by atoms with E-state index in [1.54, 1.807) is 0 Å². The quantitative estimate of drug-likeness (QED) is 0.408. The van der Waals surface area contributed by atoms with Crippen molar-refractivity contribution in [3.63, 3.8) is 0 Å². The molecule has 0 saturated heterocycles. The molecule has 5 rings (SSSR count). The number of aromatic nitrogens is 2. The minimum Gasteiger partial charge on any atom is -0.307 e. The number of hydrogen-bond donors (Lipinski definition) is 0. The van der Waals surface area contributed by atoms with Crippen molar-refractivity contribution in [3.8, 4) is 5.69 Å². The van der Waals surface area contributed by atoms with Gasteiger partial charge in [0, 0.05) is 28.0 Å². The lowest BCUT2D eigenvalue weighted by Crippen LogP contribution is -1.94. The van der Waals surface area contributed by atoms with E-state index in [2.05, 4.69) is 76.3 Å². The topological polar surface area (TPSA) is 17.8 Å². The molecule has 2 aromatic heterocycles. The molecule has 2 nitrogen and oxygen atoms in total. The van der Waals surface area contributed by atoms with E-state index in [1.165, 1.54) is 27.1 Å². The van der Waals surface area contributed by atoms with Gasteiger partial charge in [-0.1, -0.05) is 54.6 Å². The summed E-state index contributed by atoms with van der Waals surface area (Å²) in [4.78, 5) is 4.35. The summed E-state index contributed by atoms with van der Waals surface area (Å²) in [6.45, 7) is 0. The van der Waals surface area contributed by atoms with Crippen LogP contribution in [0.4, 0.5) is 0 Å². The SMILES string of the molecule is c1ccc(-n2c3cnccc3c3ccc4ccccc4c32)cc1. The normalized spacial score (nSPS) is 11.5. The van der Waals surface area contributed by atoms with Crippen LogP contribution >= 0.6 is 0 Å². The summed E-state index contributed by atoms with van der Waals surface area (Å²) in [5, 5.41) is 5.03. The Morgan fingerprint density at radius 2 is 1.48 bits per heavy atom. The van der Waals surface area contributed by atoms with Crippen LogP contribution in [0, 0.1) is 0 Å². The molecule has 108 valence electrons. The molecule has 0 saturated carbocycles. The fraction of sp³-hybridized carbons (Fsp3) is 0. The van der Waals surface area contributed by atoms with Gasteiger partial charge >= 0.3 is 0 Å². The third kappa shape index (κ3) is 1.72. The summed E-state index contributed by atoms with van der Waals surface area (Å²) in [7, 11) is 0. The van der Waals surface area contributed by atoms with Crippen LogP contribution in [0.15, 0.2) is 85.2 Å². The molecule has 0 unspecified atom stereocenters. The largest absolute Gasteiger partial charge is 0.307 e. The van der Waals surface area contributed by atoms with E-state index in [0.29, 0.717) is 0 Å². The maximum atomic E-state index is 4.35. The van der Waals surface area contributed by atoms with Crippen LogP contribution in [-0.4, -0.2) is 9.55 Å². The first-order chi connectivity index (χ1) is 11.4. The van der Waals surface area contributed by atoms with E-state index in [-0.39, 0.29) is 0 Å². The van der Waals surface area contributed by atoms with Gasteiger partial charge in [0.2, 0.25) is 0 Å². The van der Waals surface area contributed by atoms with Crippen LogP contribution in [0.2, 0.25) is 0 Å². The van der Waals surface area contributed by atoms with E-state index in [0.717, 1.165) is 11.2 Å². The highest BCUT2D eigenvalue weighted by molar-refractivity contribution is 6.18. The number of fused-ring (bicyclic) bond motifs is 5. The maximum absolute atomic E-state index is 4.35. The molecule has 5 aromatic rings. The van der Waals surface area contributed by atoms with Gasteiger partial charge in [0.15, 0.2) is 0 Å². The number of benzene rings is 3. The molecule has 0 atom stereocenters. The standard InChI is InChI=1S/C21H14N2/c1-2-7-16(8-3-1)23-20-14-22-13-12-18(20)19-11-10-15-6-4-5-9-17(15)21(19)23/h1-14H. The van der Waals surface area contributed by atoms with Crippen LogP contribution in [0.25, 0.3) is 38.3 Å². The molecule has 0 aliphatic rings. The molecule has 0 aliphatic heterocycles. The van der Waals surface area contributed by atoms with Crippen molar-refractivity contribution in [2.75, 3.05) is 0 Å². The Kier molecular flexibility index (Phi) is 2.53. The Morgan fingerprint density at radius 1 is 0.652 bits per heavy atom. The van der Waals surface area contributed by atoms with Gasteiger partial charge in [-0.05, 0) is 23.6 Å². The first-order valence-corrected chi connectivity index (χ1v) is 7.75. The Labute approximate surface area is 133 Å². The molecule has 0 bridgehead atoms. The van der Waals surface area contributed by atoms with Crippen molar-refractivity contribution in [2.24, 2.45) is 0 Å². The van der Waals surface area contributed by atoms with Crippen LogP contribution in [0.5, 0.6) is 0 Å². The van der Waals surface area contributed by atoms with Gasteiger partial charge in [0.1, 0.15) is 0 Å². The maximum Gasteiger partial charge on any atom is 0.0724 e. The van der Waals surface area contributed by atoms with Crippen molar-refractivity contribution in [1.29, 1.82) is 0 Å². The summed E-state index contributed by atoms with van der Waals surface area (Å²) in [6.07, 6.45) is 3.82. The van der Waals surface area contributed by atoms with E-state index in [9.17, 15) is 0 Å². The summed E-state index contributed by atoms with van der Waals surface area (Å²) in [5.74, 6) is 0. The van der Waals surface area contributed by atoms with Crippen LogP contribution in [-0.2, 0) is 0 Å². The molecule has 0 spiro atoms. The smallest absolute Gasteiger partial charge is 0.0724 e. The van der Waals surface area contributed by atoms with E-state index in [4.69, 9.17) is 0 Å². The molecule has 0 radical (unpaired) electrons. The van der Waals surface area contributed by atoms with Crippen LogP contribution in [0.3, 0.4) is 0 Å². The van der Waals surface area contributed by atoms with Crippen LogP contribution < -0.4 is 0 Å². The van der Waals surface area contributed by atoms with Gasteiger partial charge in [0.25, 0.3) is 0 Å². The van der Waals surface area contributed by atoms with E-state index in [1.807, 2.05) is 18.5 Å². The van der Waals surface area contributed by atoms with Crippen molar-refractivity contribution in [2.45, 2.75) is 0 Å². The summed E-state index contributed by atoms with van der Waals surface area (Å²) < 4.78 is 2.32. The second-order valence-electron chi connectivity index (χ2n) is 5.75. The highest BCUT2D eigenvalue weighted by Crippen LogP contribution is 2.35. The zero-order valence-corrected chi connectivity index (χ0v) is 12.5. The highest BCUT2D eigenvalue weighted by atomic mass is 15.0. The summed E-state index contributed by atoms with van der Waals surface area (Å²) >= 11 is 0. The molecule has 0 amide bonds. The van der Waals surface area contributed by atoms with Crippen molar-refractivity contribution < 1.29 is 0 Å². The molecular weight excluding hydrogens is 280 g/mol. The Morgan fingerprint density at radius 3 is 2.39 bits per heavy atom. The van der Waals surface area contributed by atoms with Gasteiger partial charge in [-0.2, -0.15) is 0 Å². The number of rotatable bonds is 1. The van der Waals surface area contributed by atoms with Gasteiger partial charge in [0.05, 0.1) is 17.2 Å². The second kappa shape index (κ2) is 4.68. The lowest BCUT2D eigenvalue weighted by molar-refractivity contribution is 1.17. The van der Waals surface area contributed by atoms with Gasteiger partial charge in [-0.25, -0.2) is 0 Å². The zero-order valence-electron chi connectivity index (χ0n) is 12.5. The fourth-order valence-electron chi connectivity index (χ4n) is 3.47. The Hall–Kier alpha value is -3.13. The average molecular weight is 294 g/mol. The fourth-order valence-corrected chi connectivity index (χ4v) is 3.47. The van der Waals surface area contributed by atoms with Gasteiger partial charge in [-0.3, -0.25) is 4.98 Å². The zero-order chi connectivity index (χ0) is 15.2. The van der Waals surface area contributed by atoms with Gasteiger partial charge in [-0.15, -0.1) is 0 Å². The molecule has 3 aromatic carbocycles. The first kappa shape index (κ1) is 12.4. The summed E-state index contributed by atoms with van der Waals surface area (Å²) in [6, 6.07) is 25.6. The lowest BCUT2D eigenvalue weighted by Gasteiger charge is -2.09. The third-order valence-corrected chi connectivity index (χ3v) is 4.47. The van der Waals surface area contributed by atoms with Gasteiger partial charge < -0.3 is 4.57 Å². The predicted octanol–water partition coefficient (Wildman–Crippen LogP) is 5.33. The average Bonchev–Trinajstić information content (AvgIpc) is 2.97. The molecule has 2 heteroatoms. The Balaban J connectivity index is 2.10. The molecule has 0 fully saturated rings. The Bertz CT molecular complexity index is 1150. The van der Waals surface area contributed by atoms with E-state index >= 15 is 0 Å². The van der Waals surface area contributed by atoms with E-state index < -0.39 is 0 Å². The summed E-state index contributed by atoms with van der Waals surface area (Å²) in [5.41, 5.74) is 3.55. The second-order valence-corrected chi connectivity index (χ2v) is 5.75. The minimum absolute atomic E-state index is 1.14.